The van der Waals surface area contributed by atoms with E-state index in [0.717, 1.165) is 26.9 Å². The standard InChI is InChI=1S/C22H20BrClFN3O/c1-3-26-22(29)28-21-10-14(23)5-9-20(21)27-16-7-8-17(19(24)12-16)18-11-15(25)6-4-13(18)2/h4-12,27H,3H2,1-2H3,(H2,26,28,29). The Morgan fingerprint density at radius 3 is 2.55 bits per heavy atom. The lowest BCUT2D eigenvalue weighted by Gasteiger charge is -2.15. The largest absolute Gasteiger partial charge is 0.354 e. The summed E-state index contributed by atoms with van der Waals surface area (Å²) < 4.78 is 14.5. The molecule has 0 saturated carbocycles. The number of amides is 2. The van der Waals surface area contributed by atoms with Gasteiger partial charge in [0, 0.05) is 22.3 Å². The Hall–Kier alpha value is -2.57. The first-order chi connectivity index (χ1) is 13.9. The zero-order valence-corrected chi connectivity index (χ0v) is 18.3. The molecule has 3 aromatic carbocycles. The van der Waals surface area contributed by atoms with E-state index in [4.69, 9.17) is 11.6 Å². The van der Waals surface area contributed by atoms with Gasteiger partial charge in [0.05, 0.1) is 16.4 Å². The van der Waals surface area contributed by atoms with Crippen LogP contribution in [0.25, 0.3) is 11.1 Å². The molecular formula is C22H20BrClFN3O. The Bertz CT molecular complexity index is 1060. The Balaban J connectivity index is 1.89. The van der Waals surface area contributed by atoms with Crippen molar-refractivity contribution in [2.45, 2.75) is 13.8 Å². The highest BCUT2D eigenvalue weighted by Crippen LogP contribution is 2.35. The first kappa shape index (κ1) is 21.1. The van der Waals surface area contributed by atoms with Gasteiger partial charge in [0.15, 0.2) is 0 Å². The number of aryl methyl sites for hydroxylation is 1. The van der Waals surface area contributed by atoms with Gasteiger partial charge in [-0.2, -0.15) is 0 Å². The number of anilines is 3. The van der Waals surface area contributed by atoms with E-state index >= 15 is 0 Å². The summed E-state index contributed by atoms with van der Waals surface area (Å²) in [6, 6.07) is 15.4. The first-order valence-corrected chi connectivity index (χ1v) is 10.2. The van der Waals surface area contributed by atoms with Crippen LogP contribution < -0.4 is 16.0 Å². The lowest BCUT2D eigenvalue weighted by molar-refractivity contribution is 0.252. The van der Waals surface area contributed by atoms with Crippen molar-refractivity contribution in [3.05, 3.63) is 75.5 Å². The Kier molecular flexibility index (Phi) is 6.77. The lowest BCUT2D eigenvalue weighted by Crippen LogP contribution is -2.28. The molecule has 4 nitrogen and oxygen atoms in total. The van der Waals surface area contributed by atoms with Crippen LogP contribution in [0, 0.1) is 12.7 Å². The van der Waals surface area contributed by atoms with E-state index in [1.165, 1.54) is 12.1 Å². The summed E-state index contributed by atoms with van der Waals surface area (Å²) in [5, 5.41) is 9.30. The normalized spacial score (nSPS) is 10.5. The van der Waals surface area contributed by atoms with E-state index in [0.29, 0.717) is 22.9 Å². The molecule has 29 heavy (non-hydrogen) atoms. The van der Waals surface area contributed by atoms with Gasteiger partial charge in [-0.05, 0) is 67.4 Å². The summed E-state index contributed by atoms with van der Waals surface area (Å²) in [4.78, 5) is 11.9. The molecule has 0 bridgehead atoms. The maximum absolute atomic E-state index is 13.7. The number of carbonyl (C=O) groups excluding carboxylic acids is 1. The molecule has 0 aliphatic rings. The summed E-state index contributed by atoms with van der Waals surface area (Å²) in [7, 11) is 0. The minimum absolute atomic E-state index is 0.288. The van der Waals surface area contributed by atoms with E-state index in [-0.39, 0.29) is 11.8 Å². The molecule has 0 aliphatic carbocycles. The van der Waals surface area contributed by atoms with Gasteiger partial charge >= 0.3 is 6.03 Å². The summed E-state index contributed by atoms with van der Waals surface area (Å²) in [6.07, 6.45) is 0. The molecule has 0 spiro atoms. The molecule has 0 unspecified atom stereocenters. The van der Waals surface area contributed by atoms with Crippen LogP contribution in [0.5, 0.6) is 0 Å². The van der Waals surface area contributed by atoms with Crippen molar-refractivity contribution >= 4 is 50.6 Å². The van der Waals surface area contributed by atoms with E-state index in [2.05, 4.69) is 31.9 Å². The molecule has 7 heteroatoms. The second-order valence-corrected chi connectivity index (χ2v) is 7.78. The minimum atomic E-state index is -0.306. The maximum Gasteiger partial charge on any atom is 0.319 e. The van der Waals surface area contributed by atoms with Crippen molar-refractivity contribution in [1.29, 1.82) is 0 Å². The predicted octanol–water partition coefficient (Wildman–Crippen LogP) is 7.10. The third-order valence-corrected chi connectivity index (χ3v) is 5.11. The zero-order chi connectivity index (χ0) is 21.0. The maximum atomic E-state index is 13.7. The van der Waals surface area contributed by atoms with Gasteiger partial charge in [0.2, 0.25) is 0 Å². The highest BCUT2D eigenvalue weighted by atomic mass is 79.9. The average Bonchev–Trinajstić information content (AvgIpc) is 2.66. The number of carbonyl (C=O) groups is 1. The molecular weight excluding hydrogens is 457 g/mol. The number of hydrogen-bond donors (Lipinski definition) is 3. The van der Waals surface area contributed by atoms with Gasteiger partial charge in [0.25, 0.3) is 0 Å². The fourth-order valence-corrected chi connectivity index (χ4v) is 3.55. The van der Waals surface area contributed by atoms with Crippen LogP contribution in [-0.2, 0) is 0 Å². The van der Waals surface area contributed by atoms with Crippen molar-refractivity contribution < 1.29 is 9.18 Å². The van der Waals surface area contributed by atoms with Crippen LogP contribution in [-0.4, -0.2) is 12.6 Å². The number of rotatable bonds is 5. The molecule has 0 radical (unpaired) electrons. The molecule has 0 fully saturated rings. The highest BCUT2D eigenvalue weighted by Gasteiger charge is 2.11. The molecule has 150 valence electrons. The van der Waals surface area contributed by atoms with Crippen LogP contribution >= 0.6 is 27.5 Å². The topological polar surface area (TPSA) is 53.2 Å². The second-order valence-electron chi connectivity index (χ2n) is 6.45. The van der Waals surface area contributed by atoms with Crippen molar-refractivity contribution in [3.8, 4) is 11.1 Å². The third-order valence-electron chi connectivity index (χ3n) is 4.31. The molecule has 0 aliphatic heterocycles. The number of nitrogens with one attached hydrogen (secondary N) is 3. The van der Waals surface area contributed by atoms with Crippen LogP contribution in [0.15, 0.2) is 59.1 Å². The lowest BCUT2D eigenvalue weighted by atomic mass is 10.00. The van der Waals surface area contributed by atoms with Crippen molar-refractivity contribution in [1.82, 2.24) is 5.32 Å². The van der Waals surface area contributed by atoms with Crippen molar-refractivity contribution in [2.24, 2.45) is 0 Å². The van der Waals surface area contributed by atoms with Gasteiger partial charge in [-0.1, -0.05) is 39.7 Å². The molecule has 0 atom stereocenters. The van der Waals surface area contributed by atoms with Crippen LogP contribution in [0.3, 0.4) is 0 Å². The van der Waals surface area contributed by atoms with Crippen LogP contribution in [0.2, 0.25) is 5.02 Å². The van der Waals surface area contributed by atoms with Crippen molar-refractivity contribution in [2.75, 3.05) is 17.2 Å². The SMILES string of the molecule is CCNC(=O)Nc1cc(Br)ccc1Nc1ccc(-c2cc(F)ccc2C)c(Cl)c1. The Labute approximate surface area is 182 Å². The number of urea groups is 1. The molecule has 0 aromatic heterocycles. The molecule has 3 aromatic rings. The number of hydrogen-bond acceptors (Lipinski definition) is 2. The monoisotopic (exact) mass is 475 g/mol. The quantitative estimate of drug-likeness (QED) is 0.368. The second kappa shape index (κ2) is 9.29. The summed E-state index contributed by atoms with van der Waals surface area (Å²) >= 11 is 9.91. The minimum Gasteiger partial charge on any atom is -0.354 e. The van der Waals surface area contributed by atoms with Gasteiger partial charge in [0.1, 0.15) is 5.82 Å². The highest BCUT2D eigenvalue weighted by molar-refractivity contribution is 9.10. The van der Waals surface area contributed by atoms with Gasteiger partial charge in [-0.25, -0.2) is 9.18 Å². The van der Waals surface area contributed by atoms with E-state index < -0.39 is 0 Å². The number of benzene rings is 3. The predicted molar refractivity (Wildman–Crippen MR) is 122 cm³/mol. The van der Waals surface area contributed by atoms with Gasteiger partial charge in [-0.3, -0.25) is 0 Å². The molecule has 2 amide bonds. The van der Waals surface area contributed by atoms with E-state index in [1.54, 1.807) is 12.1 Å². The molecule has 0 heterocycles. The van der Waals surface area contributed by atoms with Gasteiger partial charge in [-0.15, -0.1) is 0 Å². The van der Waals surface area contributed by atoms with Crippen LogP contribution in [0.4, 0.5) is 26.2 Å². The van der Waals surface area contributed by atoms with E-state index in [1.807, 2.05) is 44.2 Å². The fourth-order valence-electron chi connectivity index (χ4n) is 2.91. The van der Waals surface area contributed by atoms with Crippen molar-refractivity contribution in [3.63, 3.8) is 0 Å². The summed E-state index contributed by atoms with van der Waals surface area (Å²) in [6.45, 7) is 4.29. The summed E-state index contributed by atoms with van der Waals surface area (Å²) in [5.74, 6) is -0.306. The first-order valence-electron chi connectivity index (χ1n) is 9.05. The average molecular weight is 477 g/mol. The summed E-state index contributed by atoms with van der Waals surface area (Å²) in [5.41, 5.74) is 4.52. The van der Waals surface area contributed by atoms with Gasteiger partial charge < -0.3 is 16.0 Å². The Morgan fingerprint density at radius 2 is 1.83 bits per heavy atom. The third kappa shape index (κ3) is 5.28. The zero-order valence-electron chi connectivity index (χ0n) is 15.9. The molecule has 0 saturated heterocycles. The van der Waals surface area contributed by atoms with Crippen LogP contribution in [0.1, 0.15) is 12.5 Å². The van der Waals surface area contributed by atoms with E-state index in [9.17, 15) is 9.18 Å². The Morgan fingerprint density at radius 1 is 1.03 bits per heavy atom. The fraction of sp³-hybridized carbons (Fsp3) is 0.136. The smallest absolute Gasteiger partial charge is 0.319 e. The molecule has 3 rings (SSSR count). The number of halogens is 3. The molecule has 3 N–H and O–H groups in total.